The molecule has 0 spiro atoms. The molecule has 0 bridgehead atoms. The number of aliphatic hydroxyl groups excluding tert-OH is 1. The SMILES string of the molecule is OCc1cc(C2CC2)n(-c2cccc(F)c2)n1. The van der Waals surface area contributed by atoms with Crippen molar-refractivity contribution in [2.75, 3.05) is 0 Å². The molecule has 0 amide bonds. The first-order chi connectivity index (χ1) is 8.28. The first-order valence-electron chi connectivity index (χ1n) is 5.73. The Morgan fingerprint density at radius 1 is 1.35 bits per heavy atom. The number of aromatic nitrogens is 2. The predicted molar refractivity (Wildman–Crippen MR) is 61.4 cm³/mol. The molecule has 17 heavy (non-hydrogen) atoms. The van der Waals surface area contributed by atoms with E-state index in [9.17, 15) is 4.39 Å². The van der Waals surface area contributed by atoms with Gasteiger partial charge in [0.15, 0.2) is 0 Å². The summed E-state index contributed by atoms with van der Waals surface area (Å²) in [6.07, 6.45) is 2.29. The quantitative estimate of drug-likeness (QED) is 0.882. The molecular formula is C13H13FN2O. The molecule has 1 saturated carbocycles. The summed E-state index contributed by atoms with van der Waals surface area (Å²) in [6.45, 7) is -0.0813. The van der Waals surface area contributed by atoms with Crippen molar-refractivity contribution >= 4 is 0 Å². The van der Waals surface area contributed by atoms with Crippen molar-refractivity contribution in [2.24, 2.45) is 0 Å². The third-order valence-electron chi connectivity index (χ3n) is 3.00. The van der Waals surface area contributed by atoms with Crippen LogP contribution in [0.2, 0.25) is 0 Å². The van der Waals surface area contributed by atoms with Crippen molar-refractivity contribution < 1.29 is 9.50 Å². The van der Waals surface area contributed by atoms with Gasteiger partial charge in [0.2, 0.25) is 0 Å². The Labute approximate surface area is 98.5 Å². The van der Waals surface area contributed by atoms with Gasteiger partial charge in [-0.15, -0.1) is 0 Å². The molecule has 1 aromatic carbocycles. The summed E-state index contributed by atoms with van der Waals surface area (Å²) in [7, 11) is 0. The molecule has 0 atom stereocenters. The summed E-state index contributed by atoms with van der Waals surface area (Å²) < 4.78 is 14.9. The summed E-state index contributed by atoms with van der Waals surface area (Å²) in [5.74, 6) is 0.233. The molecule has 3 rings (SSSR count). The van der Waals surface area contributed by atoms with Crippen LogP contribution in [-0.2, 0) is 6.61 Å². The van der Waals surface area contributed by atoms with Crippen molar-refractivity contribution in [3.8, 4) is 5.69 Å². The van der Waals surface area contributed by atoms with E-state index >= 15 is 0 Å². The molecule has 0 aliphatic heterocycles. The molecule has 4 heteroatoms. The van der Waals surface area contributed by atoms with Gasteiger partial charge in [-0.25, -0.2) is 9.07 Å². The number of rotatable bonds is 3. The second kappa shape index (κ2) is 3.96. The lowest BCUT2D eigenvalue weighted by atomic mass is 10.2. The minimum Gasteiger partial charge on any atom is -0.390 e. The standard InChI is InChI=1S/C13H13FN2O/c14-10-2-1-3-12(6-10)16-13(9-4-5-9)7-11(8-17)15-16/h1-3,6-7,9,17H,4-5,8H2. The van der Waals surface area contributed by atoms with Gasteiger partial charge in [0.05, 0.1) is 18.0 Å². The average Bonchev–Trinajstić information content (AvgIpc) is 3.08. The molecule has 1 fully saturated rings. The van der Waals surface area contributed by atoms with Crippen LogP contribution in [0.1, 0.15) is 30.1 Å². The molecule has 1 aromatic heterocycles. The van der Waals surface area contributed by atoms with Gasteiger partial charge in [-0.05, 0) is 37.1 Å². The number of halogens is 1. The number of hydrogen-bond acceptors (Lipinski definition) is 2. The van der Waals surface area contributed by atoms with E-state index in [4.69, 9.17) is 5.11 Å². The van der Waals surface area contributed by atoms with Crippen molar-refractivity contribution in [1.82, 2.24) is 9.78 Å². The van der Waals surface area contributed by atoms with E-state index in [0.29, 0.717) is 17.3 Å². The van der Waals surface area contributed by atoms with Gasteiger partial charge < -0.3 is 5.11 Å². The number of nitrogens with zero attached hydrogens (tertiary/aromatic N) is 2. The van der Waals surface area contributed by atoms with E-state index in [1.165, 1.54) is 12.1 Å². The van der Waals surface area contributed by atoms with Crippen LogP contribution in [-0.4, -0.2) is 14.9 Å². The summed E-state index contributed by atoms with van der Waals surface area (Å²) in [4.78, 5) is 0. The van der Waals surface area contributed by atoms with Crippen LogP contribution in [0, 0.1) is 5.82 Å². The normalized spacial score (nSPS) is 15.2. The van der Waals surface area contributed by atoms with Gasteiger partial charge in [0.25, 0.3) is 0 Å². The smallest absolute Gasteiger partial charge is 0.125 e. The topological polar surface area (TPSA) is 38.0 Å². The highest BCUT2D eigenvalue weighted by Crippen LogP contribution is 2.41. The molecule has 0 saturated heterocycles. The molecule has 1 N–H and O–H groups in total. The Bertz CT molecular complexity index is 546. The van der Waals surface area contributed by atoms with Crippen LogP contribution in [0.15, 0.2) is 30.3 Å². The molecule has 0 unspecified atom stereocenters. The summed E-state index contributed by atoms with van der Waals surface area (Å²) in [5, 5.41) is 13.4. The fraction of sp³-hybridized carbons (Fsp3) is 0.308. The summed E-state index contributed by atoms with van der Waals surface area (Å²) in [6, 6.07) is 8.27. The fourth-order valence-corrected chi connectivity index (χ4v) is 2.01. The highest BCUT2D eigenvalue weighted by atomic mass is 19.1. The maximum Gasteiger partial charge on any atom is 0.125 e. The maximum absolute atomic E-state index is 13.2. The van der Waals surface area contributed by atoms with Gasteiger partial charge in [-0.1, -0.05) is 6.07 Å². The van der Waals surface area contributed by atoms with E-state index in [1.807, 2.05) is 12.1 Å². The lowest BCUT2D eigenvalue weighted by Gasteiger charge is -2.06. The van der Waals surface area contributed by atoms with E-state index in [0.717, 1.165) is 18.5 Å². The second-order valence-electron chi connectivity index (χ2n) is 4.38. The molecule has 1 aliphatic rings. The number of benzene rings is 1. The maximum atomic E-state index is 13.2. The third kappa shape index (κ3) is 1.96. The molecule has 2 aromatic rings. The summed E-state index contributed by atoms with van der Waals surface area (Å²) in [5.41, 5.74) is 2.42. The van der Waals surface area contributed by atoms with Crippen LogP contribution in [0.3, 0.4) is 0 Å². The van der Waals surface area contributed by atoms with Gasteiger partial charge in [0, 0.05) is 11.6 Å². The van der Waals surface area contributed by atoms with Crippen LogP contribution in [0.25, 0.3) is 5.69 Å². The second-order valence-corrected chi connectivity index (χ2v) is 4.38. The molecular weight excluding hydrogens is 219 g/mol. The lowest BCUT2D eigenvalue weighted by molar-refractivity contribution is 0.276. The predicted octanol–water partition coefficient (Wildman–Crippen LogP) is 2.38. The Hall–Kier alpha value is -1.68. The zero-order valence-corrected chi connectivity index (χ0v) is 9.31. The molecule has 3 nitrogen and oxygen atoms in total. The Kier molecular flexibility index (Phi) is 2.44. The minimum absolute atomic E-state index is 0.0813. The van der Waals surface area contributed by atoms with Crippen molar-refractivity contribution in [3.63, 3.8) is 0 Å². The summed E-state index contributed by atoms with van der Waals surface area (Å²) >= 11 is 0. The largest absolute Gasteiger partial charge is 0.390 e. The van der Waals surface area contributed by atoms with E-state index in [1.54, 1.807) is 10.7 Å². The highest BCUT2D eigenvalue weighted by Gasteiger charge is 2.28. The fourth-order valence-electron chi connectivity index (χ4n) is 2.01. The Balaban J connectivity index is 2.09. The zero-order chi connectivity index (χ0) is 11.8. The monoisotopic (exact) mass is 232 g/mol. The third-order valence-corrected chi connectivity index (χ3v) is 3.00. The first kappa shape index (κ1) is 10.5. The van der Waals surface area contributed by atoms with Crippen molar-refractivity contribution in [2.45, 2.75) is 25.4 Å². The van der Waals surface area contributed by atoms with Crippen LogP contribution in [0.4, 0.5) is 4.39 Å². The van der Waals surface area contributed by atoms with Crippen LogP contribution >= 0.6 is 0 Å². The average molecular weight is 232 g/mol. The number of hydrogen-bond donors (Lipinski definition) is 1. The Morgan fingerprint density at radius 2 is 2.18 bits per heavy atom. The Morgan fingerprint density at radius 3 is 2.82 bits per heavy atom. The molecule has 1 heterocycles. The number of aliphatic hydroxyl groups is 1. The lowest BCUT2D eigenvalue weighted by Crippen LogP contribution is -2.01. The molecule has 0 radical (unpaired) electrons. The first-order valence-corrected chi connectivity index (χ1v) is 5.73. The molecule has 1 aliphatic carbocycles. The van der Waals surface area contributed by atoms with E-state index in [-0.39, 0.29) is 12.4 Å². The van der Waals surface area contributed by atoms with Gasteiger partial charge >= 0.3 is 0 Å². The van der Waals surface area contributed by atoms with Gasteiger partial charge in [-0.2, -0.15) is 5.10 Å². The zero-order valence-electron chi connectivity index (χ0n) is 9.31. The van der Waals surface area contributed by atoms with E-state index < -0.39 is 0 Å². The minimum atomic E-state index is -0.273. The van der Waals surface area contributed by atoms with Crippen LogP contribution in [0.5, 0.6) is 0 Å². The van der Waals surface area contributed by atoms with Gasteiger partial charge in [-0.3, -0.25) is 0 Å². The van der Waals surface area contributed by atoms with Crippen molar-refractivity contribution in [3.05, 3.63) is 47.5 Å². The van der Waals surface area contributed by atoms with Crippen molar-refractivity contribution in [1.29, 1.82) is 0 Å². The van der Waals surface area contributed by atoms with Crippen LogP contribution < -0.4 is 0 Å². The van der Waals surface area contributed by atoms with Gasteiger partial charge in [0.1, 0.15) is 5.82 Å². The highest BCUT2D eigenvalue weighted by molar-refractivity contribution is 5.36. The molecule has 88 valence electrons. The van der Waals surface area contributed by atoms with E-state index in [2.05, 4.69) is 5.10 Å².